The molecule has 74 valence electrons. The molecule has 0 fully saturated rings. The standard InChI is InChI=1S/C9H16N2OS/c1-4-7-12-8-10-9(13)11(5-2)6-3/h1H,5-8H2,2-3H3,(H,10,13). The average Bonchev–Trinajstić information content (AvgIpc) is 2.14. The van der Waals surface area contributed by atoms with Gasteiger partial charge in [-0.15, -0.1) is 6.42 Å². The van der Waals surface area contributed by atoms with E-state index < -0.39 is 0 Å². The lowest BCUT2D eigenvalue weighted by atomic mass is 10.5. The van der Waals surface area contributed by atoms with Crippen molar-refractivity contribution in [2.24, 2.45) is 0 Å². The number of rotatable bonds is 5. The third-order valence-electron chi connectivity index (χ3n) is 1.56. The molecule has 0 heterocycles. The van der Waals surface area contributed by atoms with Crippen LogP contribution in [0.25, 0.3) is 0 Å². The fourth-order valence-electron chi connectivity index (χ4n) is 0.845. The molecule has 0 unspecified atom stereocenters. The molecule has 0 saturated carbocycles. The molecule has 0 rings (SSSR count). The number of thiocarbonyl (C=S) groups is 1. The first kappa shape index (κ1) is 12.2. The van der Waals surface area contributed by atoms with Crippen molar-refractivity contribution in [3.8, 4) is 12.3 Å². The summed E-state index contributed by atoms with van der Waals surface area (Å²) in [7, 11) is 0. The average molecular weight is 200 g/mol. The van der Waals surface area contributed by atoms with Crippen molar-refractivity contribution in [1.82, 2.24) is 10.2 Å². The zero-order chi connectivity index (χ0) is 10.1. The van der Waals surface area contributed by atoms with Crippen LogP contribution in [0.5, 0.6) is 0 Å². The van der Waals surface area contributed by atoms with E-state index >= 15 is 0 Å². The Morgan fingerprint density at radius 2 is 2.15 bits per heavy atom. The van der Waals surface area contributed by atoms with Crippen LogP contribution in [-0.2, 0) is 4.74 Å². The quantitative estimate of drug-likeness (QED) is 0.307. The monoisotopic (exact) mass is 200 g/mol. The Balaban J connectivity index is 3.55. The summed E-state index contributed by atoms with van der Waals surface area (Å²) in [6.45, 7) is 6.60. The summed E-state index contributed by atoms with van der Waals surface area (Å²) in [4.78, 5) is 2.04. The summed E-state index contributed by atoms with van der Waals surface area (Å²) in [5.74, 6) is 2.38. The molecular formula is C9H16N2OS. The minimum absolute atomic E-state index is 0.313. The largest absolute Gasteiger partial charge is 0.350 e. The molecule has 13 heavy (non-hydrogen) atoms. The fraction of sp³-hybridized carbons (Fsp3) is 0.667. The van der Waals surface area contributed by atoms with Crippen molar-refractivity contribution in [2.75, 3.05) is 26.4 Å². The van der Waals surface area contributed by atoms with Crippen LogP contribution in [0.2, 0.25) is 0 Å². The van der Waals surface area contributed by atoms with Crippen LogP contribution in [0, 0.1) is 12.3 Å². The first-order chi connectivity index (χ1) is 6.26. The number of nitrogens with one attached hydrogen (secondary N) is 1. The summed E-state index contributed by atoms with van der Waals surface area (Å²) in [6.07, 6.45) is 5.01. The van der Waals surface area contributed by atoms with Crippen LogP contribution in [0.1, 0.15) is 13.8 Å². The number of hydrogen-bond acceptors (Lipinski definition) is 2. The second-order valence-corrected chi connectivity index (χ2v) is 2.74. The summed E-state index contributed by atoms with van der Waals surface area (Å²) in [6, 6.07) is 0. The van der Waals surface area contributed by atoms with Crippen molar-refractivity contribution >= 4 is 17.3 Å². The maximum atomic E-state index is 5.11. The number of ether oxygens (including phenoxy) is 1. The van der Waals surface area contributed by atoms with Gasteiger partial charge >= 0.3 is 0 Å². The molecule has 0 bridgehead atoms. The second kappa shape index (κ2) is 7.84. The maximum absolute atomic E-state index is 5.11. The van der Waals surface area contributed by atoms with Crippen LogP contribution in [0.3, 0.4) is 0 Å². The van der Waals surface area contributed by atoms with Crippen LogP contribution in [0.15, 0.2) is 0 Å². The Hall–Kier alpha value is -0.790. The lowest BCUT2D eigenvalue weighted by molar-refractivity contribution is 0.159. The minimum Gasteiger partial charge on any atom is -0.350 e. The molecule has 0 aliphatic rings. The molecule has 0 aliphatic carbocycles. The van der Waals surface area contributed by atoms with Gasteiger partial charge in [0.05, 0.1) is 0 Å². The zero-order valence-corrected chi connectivity index (χ0v) is 8.99. The first-order valence-corrected chi connectivity index (χ1v) is 4.71. The van der Waals surface area contributed by atoms with E-state index in [0.29, 0.717) is 18.5 Å². The third-order valence-corrected chi connectivity index (χ3v) is 1.96. The third kappa shape index (κ3) is 5.45. The number of hydrogen-bond donors (Lipinski definition) is 1. The van der Waals surface area contributed by atoms with Gasteiger partial charge in [0.25, 0.3) is 0 Å². The Kier molecular flexibility index (Phi) is 7.36. The Labute approximate surface area is 85.4 Å². The molecule has 0 aromatic heterocycles. The minimum atomic E-state index is 0.313. The Bertz CT molecular complexity index is 185. The van der Waals surface area contributed by atoms with Gasteiger partial charge in [0.2, 0.25) is 0 Å². The van der Waals surface area contributed by atoms with E-state index in [-0.39, 0.29) is 0 Å². The van der Waals surface area contributed by atoms with Gasteiger partial charge in [-0.3, -0.25) is 0 Å². The predicted molar refractivity (Wildman–Crippen MR) is 58.3 cm³/mol. The summed E-state index contributed by atoms with van der Waals surface area (Å²) in [5, 5.41) is 3.67. The highest BCUT2D eigenvalue weighted by Gasteiger charge is 2.02. The van der Waals surface area contributed by atoms with Gasteiger partial charge in [-0.05, 0) is 26.1 Å². The number of terminal acetylenes is 1. The predicted octanol–water partition coefficient (Wildman–Crippen LogP) is 0.810. The molecule has 1 N–H and O–H groups in total. The molecule has 0 spiro atoms. The van der Waals surface area contributed by atoms with Gasteiger partial charge in [0.15, 0.2) is 5.11 Å². The second-order valence-electron chi connectivity index (χ2n) is 2.35. The summed E-state index contributed by atoms with van der Waals surface area (Å²) in [5.41, 5.74) is 0. The molecule has 0 saturated heterocycles. The lowest BCUT2D eigenvalue weighted by Crippen LogP contribution is -2.40. The first-order valence-electron chi connectivity index (χ1n) is 4.30. The van der Waals surface area contributed by atoms with Crippen molar-refractivity contribution < 1.29 is 4.74 Å². The van der Waals surface area contributed by atoms with Crippen LogP contribution < -0.4 is 5.32 Å². The molecule has 4 heteroatoms. The van der Waals surface area contributed by atoms with Gasteiger partial charge in [0.1, 0.15) is 13.3 Å². The molecule has 0 aliphatic heterocycles. The van der Waals surface area contributed by atoms with E-state index in [9.17, 15) is 0 Å². The van der Waals surface area contributed by atoms with Gasteiger partial charge in [0, 0.05) is 13.1 Å². The highest BCUT2D eigenvalue weighted by atomic mass is 32.1. The van der Waals surface area contributed by atoms with E-state index in [1.807, 2.05) is 4.90 Å². The smallest absolute Gasteiger partial charge is 0.170 e. The van der Waals surface area contributed by atoms with E-state index in [2.05, 4.69) is 25.1 Å². The molecular weight excluding hydrogens is 184 g/mol. The topological polar surface area (TPSA) is 24.5 Å². The van der Waals surface area contributed by atoms with E-state index in [1.165, 1.54) is 0 Å². The van der Waals surface area contributed by atoms with Gasteiger partial charge in [-0.2, -0.15) is 0 Å². The molecule has 3 nitrogen and oxygen atoms in total. The molecule has 0 aromatic rings. The summed E-state index contributed by atoms with van der Waals surface area (Å²) >= 11 is 5.11. The Morgan fingerprint density at radius 3 is 2.62 bits per heavy atom. The van der Waals surface area contributed by atoms with Crippen molar-refractivity contribution in [2.45, 2.75) is 13.8 Å². The van der Waals surface area contributed by atoms with E-state index in [0.717, 1.165) is 13.1 Å². The maximum Gasteiger partial charge on any atom is 0.170 e. The Morgan fingerprint density at radius 1 is 1.54 bits per heavy atom. The fourth-order valence-corrected chi connectivity index (χ4v) is 1.16. The normalized spacial score (nSPS) is 9.00. The van der Waals surface area contributed by atoms with Crippen molar-refractivity contribution in [3.63, 3.8) is 0 Å². The van der Waals surface area contributed by atoms with Gasteiger partial charge < -0.3 is 15.0 Å². The number of nitrogens with zero attached hydrogens (tertiary/aromatic N) is 1. The lowest BCUT2D eigenvalue weighted by Gasteiger charge is -2.22. The van der Waals surface area contributed by atoms with Crippen LogP contribution in [-0.4, -0.2) is 36.4 Å². The SMILES string of the molecule is C#CCOCNC(=S)N(CC)CC. The molecule has 0 radical (unpaired) electrons. The highest BCUT2D eigenvalue weighted by Crippen LogP contribution is 1.88. The van der Waals surface area contributed by atoms with Gasteiger partial charge in [-0.1, -0.05) is 5.92 Å². The summed E-state index contributed by atoms with van der Waals surface area (Å²) < 4.78 is 5.03. The van der Waals surface area contributed by atoms with Crippen LogP contribution >= 0.6 is 12.2 Å². The molecule has 0 aromatic carbocycles. The van der Waals surface area contributed by atoms with E-state index in [1.54, 1.807) is 0 Å². The van der Waals surface area contributed by atoms with Crippen molar-refractivity contribution in [3.05, 3.63) is 0 Å². The molecule has 0 atom stereocenters. The zero-order valence-electron chi connectivity index (χ0n) is 8.17. The van der Waals surface area contributed by atoms with Crippen LogP contribution in [0.4, 0.5) is 0 Å². The molecule has 0 amide bonds. The van der Waals surface area contributed by atoms with Crippen molar-refractivity contribution in [1.29, 1.82) is 0 Å². The van der Waals surface area contributed by atoms with E-state index in [4.69, 9.17) is 23.4 Å². The van der Waals surface area contributed by atoms with Gasteiger partial charge in [-0.25, -0.2) is 0 Å². The highest BCUT2D eigenvalue weighted by molar-refractivity contribution is 7.80.